The maximum atomic E-state index is 10.2. The molecule has 4 bridgehead atoms. The number of nitrogens with zero attached hydrogens (tertiary/aromatic N) is 2. The zero-order valence-electron chi connectivity index (χ0n) is 31.2. The summed E-state index contributed by atoms with van der Waals surface area (Å²) in [5, 5.41) is 10.2. The van der Waals surface area contributed by atoms with Crippen LogP contribution in [0, 0.1) is 41.9 Å². The molecule has 0 saturated heterocycles. The highest BCUT2D eigenvalue weighted by Crippen LogP contribution is 2.70. The van der Waals surface area contributed by atoms with Crippen LogP contribution in [0.2, 0.25) is 0 Å². The van der Waals surface area contributed by atoms with E-state index in [0.717, 1.165) is 45.5 Å². The zero-order valence-corrected chi connectivity index (χ0v) is 31.2. The average Bonchev–Trinajstić information content (AvgIpc) is 3.53. The van der Waals surface area contributed by atoms with Gasteiger partial charge in [-0.1, -0.05) is 121 Å². The Morgan fingerprint density at radius 3 is 1.73 bits per heavy atom. The van der Waals surface area contributed by atoms with E-state index in [1.807, 2.05) is 12.1 Å². The second kappa shape index (κ2) is 12.5. The Labute approximate surface area is 324 Å². The van der Waals surface area contributed by atoms with E-state index in [1.165, 1.54) is 87.7 Å². The van der Waals surface area contributed by atoms with Crippen molar-refractivity contribution in [2.45, 2.75) is 44.4 Å². The van der Waals surface area contributed by atoms with E-state index < -0.39 is 0 Å². The second-order valence-corrected chi connectivity index (χ2v) is 16.8. The first kappa shape index (κ1) is 32.4. The van der Waals surface area contributed by atoms with Crippen molar-refractivity contribution in [3.8, 4) is 73.1 Å². The van der Waals surface area contributed by atoms with Crippen molar-refractivity contribution >= 4 is 0 Å². The van der Waals surface area contributed by atoms with Gasteiger partial charge in [0.2, 0.25) is 0 Å². The molecule has 5 aliphatic carbocycles. The minimum Gasteiger partial charge on any atom is -0.248 e. The molecule has 0 atom stereocenters. The molecule has 1 heterocycles. The van der Waals surface area contributed by atoms with Gasteiger partial charge in [0.15, 0.2) is 0 Å². The Balaban J connectivity index is 1.09. The Hall–Kier alpha value is -6.04. The molecule has 0 unspecified atom stereocenters. The molecule has 1 spiro atoms. The molecule has 264 valence electrons. The van der Waals surface area contributed by atoms with Crippen molar-refractivity contribution in [3.05, 3.63) is 174 Å². The maximum Gasteiger partial charge on any atom is 0.0998 e. The number of nitriles is 1. The Morgan fingerprint density at radius 2 is 1.07 bits per heavy atom. The van der Waals surface area contributed by atoms with Gasteiger partial charge in [-0.3, -0.25) is 0 Å². The van der Waals surface area contributed by atoms with Crippen LogP contribution in [-0.4, -0.2) is 4.98 Å². The summed E-state index contributed by atoms with van der Waals surface area (Å²) < 4.78 is 0. The summed E-state index contributed by atoms with van der Waals surface area (Å²) in [5.74, 6) is 3.04. The fourth-order valence-electron chi connectivity index (χ4n) is 11.8. The third-order valence-electron chi connectivity index (χ3n) is 13.7. The number of aromatic nitrogens is 1. The Morgan fingerprint density at radius 1 is 0.491 bits per heavy atom. The van der Waals surface area contributed by atoms with Crippen molar-refractivity contribution in [1.82, 2.24) is 4.98 Å². The van der Waals surface area contributed by atoms with Gasteiger partial charge in [-0.15, -0.1) is 0 Å². The van der Waals surface area contributed by atoms with Gasteiger partial charge in [0.25, 0.3) is 0 Å². The molecule has 0 radical (unpaired) electrons. The van der Waals surface area contributed by atoms with E-state index in [-0.39, 0.29) is 5.41 Å². The molecule has 4 saturated carbocycles. The van der Waals surface area contributed by atoms with E-state index in [0.29, 0.717) is 11.8 Å². The largest absolute Gasteiger partial charge is 0.248 e. The lowest BCUT2D eigenvalue weighted by Crippen LogP contribution is -2.55. The number of benzene rings is 6. The average molecular weight is 707 g/mol. The van der Waals surface area contributed by atoms with E-state index in [4.69, 9.17) is 4.98 Å². The summed E-state index contributed by atoms with van der Waals surface area (Å²) in [4.78, 5) is 5.17. The summed E-state index contributed by atoms with van der Waals surface area (Å²) in [5.41, 5.74) is 19.1. The molecule has 55 heavy (non-hydrogen) atoms. The van der Waals surface area contributed by atoms with Gasteiger partial charge < -0.3 is 0 Å². The fraction of sp³-hybridized carbons (Fsp3) is 0.208. The lowest BCUT2D eigenvalue weighted by molar-refractivity contribution is -0.0399. The molecule has 0 amide bonds. The summed E-state index contributed by atoms with van der Waals surface area (Å²) in [6, 6.07) is 57.7. The van der Waals surface area contributed by atoms with Crippen LogP contribution in [0.3, 0.4) is 0 Å². The standard InChI is InChI=1S/C53H42N2/c1-33-21-40(28-41(22-33)42-30-50(36-11-4-2-5-12-36)55-51(31-42)37-13-6-3-7-14-37)38-19-20-47-49(29-38)53(43-24-34-23-35(26-43)27-44(53)25-34)48-18-10-17-46(52(47)48)45-16-9-8-15-39(45)32-54/h2-22,28-31,34-35,43-44H,23-27H2,1H3. The SMILES string of the molecule is Cc1cc(-c2cc(-c3ccccc3)nc(-c3ccccc3)c2)cc(-c2ccc3c(c2)C2(c4cccc(-c5ccccc5C#N)c4-3)C3CC4CC(C3)CC2C4)c1. The molecule has 4 fully saturated rings. The lowest BCUT2D eigenvalue weighted by Gasteiger charge is -2.61. The van der Waals surface area contributed by atoms with E-state index >= 15 is 0 Å². The normalized spacial score (nSPS) is 22.7. The number of aryl methyl sites for hydroxylation is 1. The zero-order chi connectivity index (χ0) is 36.7. The molecule has 7 aromatic rings. The molecule has 12 rings (SSSR count). The maximum absolute atomic E-state index is 10.2. The van der Waals surface area contributed by atoms with Crippen LogP contribution in [-0.2, 0) is 5.41 Å². The third-order valence-corrected chi connectivity index (χ3v) is 13.7. The van der Waals surface area contributed by atoms with Gasteiger partial charge in [0.05, 0.1) is 23.0 Å². The number of hydrogen-bond acceptors (Lipinski definition) is 2. The molecule has 2 heteroatoms. The third kappa shape index (κ3) is 5.03. The topological polar surface area (TPSA) is 36.7 Å². The molecule has 0 N–H and O–H groups in total. The van der Waals surface area contributed by atoms with Gasteiger partial charge >= 0.3 is 0 Å². The van der Waals surface area contributed by atoms with Gasteiger partial charge in [0, 0.05) is 22.1 Å². The minimum atomic E-state index is 0.0125. The summed E-state index contributed by atoms with van der Waals surface area (Å²) >= 11 is 0. The van der Waals surface area contributed by atoms with Crippen molar-refractivity contribution in [2.24, 2.45) is 23.7 Å². The van der Waals surface area contributed by atoms with E-state index in [9.17, 15) is 5.26 Å². The predicted octanol–water partition coefficient (Wildman–Crippen LogP) is 13.3. The van der Waals surface area contributed by atoms with Gasteiger partial charge in [-0.05, 0) is 149 Å². The molecule has 1 aromatic heterocycles. The first-order valence-electron chi connectivity index (χ1n) is 20.1. The Bertz CT molecular complexity index is 2600. The van der Waals surface area contributed by atoms with E-state index in [2.05, 4.69) is 153 Å². The number of rotatable bonds is 5. The monoisotopic (exact) mass is 706 g/mol. The van der Waals surface area contributed by atoms with Crippen LogP contribution in [0.5, 0.6) is 0 Å². The van der Waals surface area contributed by atoms with Gasteiger partial charge in [0.1, 0.15) is 0 Å². The van der Waals surface area contributed by atoms with E-state index in [1.54, 1.807) is 0 Å². The minimum absolute atomic E-state index is 0.0125. The van der Waals surface area contributed by atoms with Crippen LogP contribution < -0.4 is 0 Å². The molecule has 2 nitrogen and oxygen atoms in total. The molecular weight excluding hydrogens is 665 g/mol. The van der Waals surface area contributed by atoms with Crippen molar-refractivity contribution in [2.75, 3.05) is 0 Å². The van der Waals surface area contributed by atoms with Crippen LogP contribution in [0.1, 0.15) is 54.4 Å². The highest BCUT2D eigenvalue weighted by atomic mass is 14.7. The fourth-order valence-corrected chi connectivity index (χ4v) is 11.8. The quantitative estimate of drug-likeness (QED) is 0.179. The lowest BCUT2D eigenvalue weighted by atomic mass is 9.43. The number of hydrogen-bond donors (Lipinski definition) is 0. The summed E-state index contributed by atoms with van der Waals surface area (Å²) in [7, 11) is 0. The smallest absolute Gasteiger partial charge is 0.0998 e. The highest BCUT2D eigenvalue weighted by Gasteiger charge is 2.61. The van der Waals surface area contributed by atoms with Crippen LogP contribution in [0.4, 0.5) is 0 Å². The molecule has 0 aliphatic heterocycles. The molecule has 5 aliphatic rings. The van der Waals surface area contributed by atoms with Gasteiger partial charge in [-0.25, -0.2) is 4.98 Å². The molecule has 6 aromatic carbocycles. The van der Waals surface area contributed by atoms with Crippen molar-refractivity contribution in [1.29, 1.82) is 5.26 Å². The molecular formula is C53H42N2. The summed E-state index contributed by atoms with van der Waals surface area (Å²) in [6.45, 7) is 2.23. The highest BCUT2D eigenvalue weighted by molar-refractivity contribution is 5.95. The Kier molecular flexibility index (Phi) is 7.37. The summed E-state index contributed by atoms with van der Waals surface area (Å²) in [6.07, 6.45) is 6.76. The number of fused-ring (bicyclic) bond motifs is 3. The second-order valence-electron chi connectivity index (χ2n) is 16.8. The van der Waals surface area contributed by atoms with Crippen molar-refractivity contribution < 1.29 is 0 Å². The van der Waals surface area contributed by atoms with Gasteiger partial charge in [-0.2, -0.15) is 5.26 Å². The van der Waals surface area contributed by atoms with Crippen molar-refractivity contribution in [3.63, 3.8) is 0 Å². The van der Waals surface area contributed by atoms with Crippen LogP contribution >= 0.6 is 0 Å². The first-order valence-corrected chi connectivity index (χ1v) is 20.1. The van der Waals surface area contributed by atoms with Crippen LogP contribution in [0.25, 0.3) is 67.0 Å². The van der Waals surface area contributed by atoms with Crippen LogP contribution in [0.15, 0.2) is 152 Å². The predicted molar refractivity (Wildman–Crippen MR) is 224 cm³/mol. The number of pyridine rings is 1. The first-order chi connectivity index (χ1) is 27.1.